The van der Waals surface area contributed by atoms with E-state index in [4.69, 9.17) is 0 Å². The van der Waals surface area contributed by atoms with Gasteiger partial charge in [0.15, 0.2) is 0 Å². The summed E-state index contributed by atoms with van der Waals surface area (Å²) in [6.07, 6.45) is 3.86. The van der Waals surface area contributed by atoms with Crippen LogP contribution in [0.5, 0.6) is 0 Å². The molecule has 1 aromatic heterocycles. The van der Waals surface area contributed by atoms with E-state index in [0.29, 0.717) is 5.82 Å². The first-order chi connectivity index (χ1) is 7.30. The van der Waals surface area contributed by atoms with Crippen molar-refractivity contribution in [3.8, 4) is 0 Å². The van der Waals surface area contributed by atoms with Crippen LogP contribution in [0, 0.1) is 0 Å². The minimum Gasteiger partial charge on any atom is -0.348 e. The Labute approximate surface area is 96.7 Å². The van der Waals surface area contributed by atoms with Crippen LogP contribution in [0.3, 0.4) is 0 Å². The number of likely N-dealkylation sites (N-methyl/N-ethyl adjacent to an activating group) is 1. The molecule has 0 fully saturated rings. The van der Waals surface area contributed by atoms with Gasteiger partial charge >= 0.3 is 0 Å². The zero-order chi connectivity index (χ0) is 12.3. The van der Waals surface area contributed by atoms with Crippen LogP contribution in [-0.4, -0.2) is 34.9 Å². The van der Waals surface area contributed by atoms with Crippen LogP contribution in [0.4, 0.5) is 0 Å². The Morgan fingerprint density at radius 3 is 2.12 bits per heavy atom. The van der Waals surface area contributed by atoms with E-state index in [1.54, 1.807) is 31.4 Å². The second-order valence-electron chi connectivity index (χ2n) is 5.10. The standard InChI is InChI=1S/C12H19N3O/c1-12(2,3)9-7-13-10(14-8-9)6-11(16)15(4)5/h7-8H,6H2,1-5H3. The van der Waals surface area contributed by atoms with Crippen molar-refractivity contribution in [1.29, 1.82) is 0 Å². The van der Waals surface area contributed by atoms with Gasteiger partial charge < -0.3 is 4.90 Å². The van der Waals surface area contributed by atoms with Crippen LogP contribution in [0.25, 0.3) is 0 Å². The van der Waals surface area contributed by atoms with Crippen LogP contribution in [0.15, 0.2) is 12.4 Å². The Balaban J connectivity index is 2.76. The highest BCUT2D eigenvalue weighted by molar-refractivity contribution is 5.77. The third kappa shape index (κ3) is 3.29. The molecule has 88 valence electrons. The maximum absolute atomic E-state index is 11.4. The summed E-state index contributed by atoms with van der Waals surface area (Å²) in [5.74, 6) is 0.593. The third-order valence-electron chi connectivity index (χ3n) is 2.38. The third-order valence-corrected chi connectivity index (χ3v) is 2.38. The van der Waals surface area contributed by atoms with Crippen molar-refractivity contribution in [2.75, 3.05) is 14.1 Å². The zero-order valence-corrected chi connectivity index (χ0v) is 10.6. The maximum Gasteiger partial charge on any atom is 0.229 e. The number of amides is 1. The Hall–Kier alpha value is -1.45. The van der Waals surface area contributed by atoms with Crippen LogP contribution < -0.4 is 0 Å². The fourth-order valence-electron chi connectivity index (χ4n) is 1.13. The highest BCUT2D eigenvalue weighted by Gasteiger charge is 2.15. The quantitative estimate of drug-likeness (QED) is 0.758. The molecule has 1 rings (SSSR count). The predicted molar refractivity (Wildman–Crippen MR) is 63.1 cm³/mol. The lowest BCUT2D eigenvalue weighted by atomic mass is 9.89. The lowest BCUT2D eigenvalue weighted by Gasteiger charge is -2.17. The predicted octanol–water partition coefficient (Wildman–Crippen LogP) is 1.40. The molecule has 0 saturated carbocycles. The number of carbonyl (C=O) groups is 1. The van der Waals surface area contributed by atoms with Crippen molar-refractivity contribution in [2.24, 2.45) is 0 Å². The first-order valence-corrected chi connectivity index (χ1v) is 5.32. The minimum atomic E-state index is 0.0171. The summed E-state index contributed by atoms with van der Waals surface area (Å²) >= 11 is 0. The molecular formula is C12H19N3O. The second-order valence-corrected chi connectivity index (χ2v) is 5.10. The fourth-order valence-corrected chi connectivity index (χ4v) is 1.13. The molecule has 4 heteroatoms. The van der Waals surface area contributed by atoms with E-state index in [2.05, 4.69) is 30.7 Å². The normalized spacial score (nSPS) is 11.3. The number of hydrogen-bond donors (Lipinski definition) is 0. The molecule has 0 aliphatic rings. The maximum atomic E-state index is 11.4. The lowest BCUT2D eigenvalue weighted by Crippen LogP contribution is -2.24. The summed E-state index contributed by atoms with van der Waals surface area (Å²) < 4.78 is 0. The summed E-state index contributed by atoms with van der Waals surface area (Å²) in [4.78, 5) is 21.4. The van der Waals surface area contributed by atoms with Gasteiger partial charge in [0.1, 0.15) is 5.82 Å². The highest BCUT2D eigenvalue weighted by Crippen LogP contribution is 2.19. The second kappa shape index (κ2) is 4.60. The molecule has 1 aromatic rings. The number of nitrogens with zero attached hydrogens (tertiary/aromatic N) is 3. The molecule has 0 radical (unpaired) electrons. The van der Waals surface area contributed by atoms with Crippen molar-refractivity contribution >= 4 is 5.91 Å². The largest absolute Gasteiger partial charge is 0.348 e. The average Bonchev–Trinajstić information content (AvgIpc) is 2.17. The molecule has 0 N–H and O–H groups in total. The molecule has 0 saturated heterocycles. The zero-order valence-electron chi connectivity index (χ0n) is 10.6. The molecule has 16 heavy (non-hydrogen) atoms. The van der Waals surface area contributed by atoms with Gasteiger partial charge in [0, 0.05) is 26.5 Å². The molecule has 4 nitrogen and oxygen atoms in total. The summed E-state index contributed by atoms with van der Waals surface area (Å²) in [6.45, 7) is 6.32. The Bertz CT molecular complexity index is 363. The van der Waals surface area contributed by atoms with Crippen molar-refractivity contribution < 1.29 is 4.79 Å². The van der Waals surface area contributed by atoms with Gasteiger partial charge in [0.2, 0.25) is 5.91 Å². The molecule has 0 unspecified atom stereocenters. The molecule has 0 aliphatic heterocycles. The number of aromatic nitrogens is 2. The lowest BCUT2D eigenvalue weighted by molar-refractivity contribution is -0.128. The molecular weight excluding hydrogens is 202 g/mol. The van der Waals surface area contributed by atoms with Crippen LogP contribution in [0.2, 0.25) is 0 Å². The molecule has 0 spiro atoms. The summed E-state index contributed by atoms with van der Waals surface area (Å²) in [6, 6.07) is 0. The smallest absolute Gasteiger partial charge is 0.229 e. The first-order valence-electron chi connectivity index (χ1n) is 5.32. The van der Waals surface area contributed by atoms with Crippen molar-refractivity contribution in [3.63, 3.8) is 0 Å². The minimum absolute atomic E-state index is 0.0171. The van der Waals surface area contributed by atoms with E-state index < -0.39 is 0 Å². The van der Waals surface area contributed by atoms with Crippen molar-refractivity contribution in [3.05, 3.63) is 23.8 Å². The monoisotopic (exact) mass is 221 g/mol. The number of rotatable bonds is 2. The number of carbonyl (C=O) groups excluding carboxylic acids is 1. The highest BCUT2D eigenvalue weighted by atomic mass is 16.2. The van der Waals surface area contributed by atoms with E-state index in [-0.39, 0.29) is 17.7 Å². The van der Waals surface area contributed by atoms with Gasteiger partial charge in [-0.1, -0.05) is 20.8 Å². The summed E-state index contributed by atoms with van der Waals surface area (Å²) in [5, 5.41) is 0. The Morgan fingerprint density at radius 1 is 1.25 bits per heavy atom. The fraction of sp³-hybridized carbons (Fsp3) is 0.583. The molecule has 1 amide bonds. The molecule has 0 aliphatic carbocycles. The van der Waals surface area contributed by atoms with Crippen LogP contribution in [-0.2, 0) is 16.6 Å². The Morgan fingerprint density at radius 2 is 1.75 bits per heavy atom. The number of hydrogen-bond acceptors (Lipinski definition) is 3. The topological polar surface area (TPSA) is 46.1 Å². The summed E-state index contributed by atoms with van der Waals surface area (Å²) in [7, 11) is 3.46. The molecule has 0 aromatic carbocycles. The van der Waals surface area contributed by atoms with Crippen molar-refractivity contribution in [2.45, 2.75) is 32.6 Å². The first kappa shape index (κ1) is 12.6. The van der Waals surface area contributed by atoms with Gasteiger partial charge in [-0.3, -0.25) is 4.79 Å². The van der Waals surface area contributed by atoms with Gasteiger partial charge in [-0.15, -0.1) is 0 Å². The van der Waals surface area contributed by atoms with Gasteiger partial charge in [-0.05, 0) is 11.0 Å². The Kier molecular flexibility index (Phi) is 3.62. The molecule has 0 atom stereocenters. The summed E-state index contributed by atoms with van der Waals surface area (Å²) in [5.41, 5.74) is 1.12. The van der Waals surface area contributed by atoms with Crippen LogP contribution in [0.1, 0.15) is 32.2 Å². The van der Waals surface area contributed by atoms with Gasteiger partial charge in [-0.2, -0.15) is 0 Å². The van der Waals surface area contributed by atoms with Crippen molar-refractivity contribution in [1.82, 2.24) is 14.9 Å². The SMILES string of the molecule is CN(C)C(=O)Cc1ncc(C(C)(C)C)cn1. The van der Waals surface area contributed by atoms with E-state index in [9.17, 15) is 4.79 Å². The van der Waals surface area contributed by atoms with Gasteiger partial charge in [0.25, 0.3) is 0 Å². The molecule has 0 bridgehead atoms. The van der Waals surface area contributed by atoms with Gasteiger partial charge in [0.05, 0.1) is 6.42 Å². The molecule has 1 heterocycles. The average molecular weight is 221 g/mol. The van der Waals surface area contributed by atoms with Gasteiger partial charge in [-0.25, -0.2) is 9.97 Å². The van der Waals surface area contributed by atoms with Crippen LogP contribution >= 0.6 is 0 Å². The van der Waals surface area contributed by atoms with E-state index >= 15 is 0 Å². The van der Waals surface area contributed by atoms with E-state index in [1.165, 1.54) is 0 Å². The van der Waals surface area contributed by atoms with E-state index in [0.717, 1.165) is 5.56 Å². The van der Waals surface area contributed by atoms with E-state index in [1.807, 2.05) is 0 Å².